The second-order valence-electron chi connectivity index (χ2n) is 3.80. The number of hydrogen-bond donors (Lipinski definition) is 1. The van der Waals surface area contributed by atoms with Crippen molar-refractivity contribution in [2.24, 2.45) is 0 Å². The summed E-state index contributed by atoms with van der Waals surface area (Å²) in [6.07, 6.45) is 0. The first-order valence-corrected chi connectivity index (χ1v) is 5.01. The lowest BCUT2D eigenvalue weighted by Gasteiger charge is -2.24. The highest BCUT2D eigenvalue weighted by molar-refractivity contribution is 5.70. The van der Waals surface area contributed by atoms with Gasteiger partial charge in [-0.05, 0) is 12.1 Å². The summed E-state index contributed by atoms with van der Waals surface area (Å²) in [5, 5.41) is 3.34. The van der Waals surface area contributed by atoms with Crippen molar-refractivity contribution in [3.8, 4) is 0 Å². The zero-order valence-electron chi connectivity index (χ0n) is 8.83. The average molecular weight is 191 g/mol. The van der Waals surface area contributed by atoms with Gasteiger partial charge in [-0.15, -0.1) is 0 Å². The fraction of sp³-hybridized carbons (Fsp3) is 0.455. The predicted molar refractivity (Wildman–Crippen MR) is 61.0 cm³/mol. The van der Waals surface area contributed by atoms with Gasteiger partial charge in [-0.1, -0.05) is 12.1 Å². The molecule has 3 nitrogen and oxygen atoms in total. The van der Waals surface area contributed by atoms with E-state index in [1.807, 2.05) is 0 Å². The smallest absolute Gasteiger partial charge is 0.0683 e. The number of nitrogens with one attached hydrogen (secondary N) is 1. The average Bonchev–Trinajstić information content (AvgIpc) is 2.70. The first-order valence-electron chi connectivity index (χ1n) is 5.01. The van der Waals surface area contributed by atoms with Crippen molar-refractivity contribution in [3.63, 3.8) is 0 Å². The molecular formula is C11H17N3. The van der Waals surface area contributed by atoms with Crippen LogP contribution in [0.25, 0.3) is 0 Å². The Balaban J connectivity index is 2.30. The molecule has 1 aromatic carbocycles. The molecule has 0 bridgehead atoms. The van der Waals surface area contributed by atoms with Crippen LogP contribution in [0.15, 0.2) is 24.3 Å². The summed E-state index contributed by atoms with van der Waals surface area (Å²) >= 11 is 0. The number of para-hydroxylation sites is 2. The van der Waals surface area contributed by atoms with Gasteiger partial charge in [0, 0.05) is 27.2 Å². The summed E-state index contributed by atoms with van der Waals surface area (Å²) in [7, 11) is 4.17. The van der Waals surface area contributed by atoms with E-state index in [1.54, 1.807) is 0 Å². The summed E-state index contributed by atoms with van der Waals surface area (Å²) in [6.45, 7) is 3.15. The Kier molecular flexibility index (Phi) is 2.59. The predicted octanol–water partition coefficient (Wildman–Crippen LogP) is 1.12. The highest BCUT2D eigenvalue weighted by Crippen LogP contribution is 2.27. The van der Waals surface area contributed by atoms with Crippen LogP contribution in [0.1, 0.15) is 0 Å². The van der Waals surface area contributed by atoms with Gasteiger partial charge in [-0.2, -0.15) is 0 Å². The van der Waals surface area contributed by atoms with Gasteiger partial charge in [-0.3, -0.25) is 5.32 Å². The third-order valence-electron chi connectivity index (χ3n) is 2.57. The SMILES string of the molecule is CN(C)c1ccccc1N1CCNC1. The van der Waals surface area contributed by atoms with Crippen LogP contribution in [0.4, 0.5) is 11.4 Å². The molecular weight excluding hydrogens is 174 g/mol. The van der Waals surface area contributed by atoms with Crippen molar-refractivity contribution in [2.45, 2.75) is 0 Å². The van der Waals surface area contributed by atoms with E-state index in [0.29, 0.717) is 0 Å². The number of hydrogen-bond acceptors (Lipinski definition) is 3. The number of anilines is 2. The topological polar surface area (TPSA) is 18.5 Å². The molecule has 0 unspecified atom stereocenters. The first-order chi connectivity index (χ1) is 6.79. The van der Waals surface area contributed by atoms with Crippen LogP contribution in [-0.2, 0) is 0 Å². The van der Waals surface area contributed by atoms with Crippen molar-refractivity contribution in [1.82, 2.24) is 5.32 Å². The highest BCUT2D eigenvalue weighted by atomic mass is 15.3. The van der Waals surface area contributed by atoms with Crippen molar-refractivity contribution in [3.05, 3.63) is 24.3 Å². The fourth-order valence-electron chi connectivity index (χ4n) is 1.82. The lowest BCUT2D eigenvalue weighted by Crippen LogP contribution is -2.23. The minimum Gasteiger partial charge on any atom is -0.376 e. The maximum Gasteiger partial charge on any atom is 0.0683 e. The van der Waals surface area contributed by atoms with Gasteiger partial charge >= 0.3 is 0 Å². The molecule has 14 heavy (non-hydrogen) atoms. The van der Waals surface area contributed by atoms with Crippen LogP contribution >= 0.6 is 0 Å². The Morgan fingerprint density at radius 2 is 2.07 bits per heavy atom. The molecule has 1 aromatic rings. The van der Waals surface area contributed by atoms with Crippen molar-refractivity contribution < 1.29 is 0 Å². The zero-order valence-corrected chi connectivity index (χ0v) is 8.83. The minimum atomic E-state index is 0.963. The molecule has 0 spiro atoms. The normalized spacial score (nSPS) is 16.0. The van der Waals surface area contributed by atoms with E-state index in [4.69, 9.17) is 0 Å². The molecule has 1 aliphatic rings. The van der Waals surface area contributed by atoms with E-state index >= 15 is 0 Å². The summed E-state index contributed by atoms with van der Waals surface area (Å²) in [4.78, 5) is 4.53. The molecule has 0 saturated carbocycles. The molecule has 1 heterocycles. The third kappa shape index (κ3) is 1.68. The molecule has 2 rings (SSSR count). The highest BCUT2D eigenvalue weighted by Gasteiger charge is 2.15. The third-order valence-corrected chi connectivity index (χ3v) is 2.57. The lowest BCUT2D eigenvalue weighted by molar-refractivity contribution is 0.854. The van der Waals surface area contributed by atoms with E-state index in [2.05, 4.69) is 53.5 Å². The van der Waals surface area contributed by atoms with Gasteiger partial charge in [0.25, 0.3) is 0 Å². The van der Waals surface area contributed by atoms with Crippen molar-refractivity contribution in [2.75, 3.05) is 43.7 Å². The van der Waals surface area contributed by atoms with E-state index in [-0.39, 0.29) is 0 Å². The zero-order chi connectivity index (χ0) is 9.97. The fourth-order valence-corrected chi connectivity index (χ4v) is 1.82. The van der Waals surface area contributed by atoms with Crippen LogP contribution in [0.3, 0.4) is 0 Å². The number of benzene rings is 1. The lowest BCUT2D eigenvalue weighted by atomic mass is 10.2. The van der Waals surface area contributed by atoms with Crippen molar-refractivity contribution >= 4 is 11.4 Å². The first kappa shape index (κ1) is 9.34. The Bertz CT molecular complexity index is 303. The second kappa shape index (κ2) is 3.88. The Morgan fingerprint density at radius 1 is 1.29 bits per heavy atom. The number of rotatable bonds is 2. The van der Waals surface area contributed by atoms with Gasteiger partial charge in [0.1, 0.15) is 0 Å². The molecule has 0 aliphatic carbocycles. The van der Waals surface area contributed by atoms with Gasteiger partial charge in [0.15, 0.2) is 0 Å². The second-order valence-corrected chi connectivity index (χ2v) is 3.80. The summed E-state index contributed by atoms with van der Waals surface area (Å²) < 4.78 is 0. The van der Waals surface area contributed by atoms with Crippen LogP contribution < -0.4 is 15.1 Å². The van der Waals surface area contributed by atoms with E-state index in [0.717, 1.165) is 19.8 Å². The van der Waals surface area contributed by atoms with Crippen LogP contribution in [0.5, 0.6) is 0 Å². The van der Waals surface area contributed by atoms with Gasteiger partial charge in [-0.25, -0.2) is 0 Å². The van der Waals surface area contributed by atoms with Crippen LogP contribution in [-0.4, -0.2) is 33.9 Å². The Labute approximate surface area is 85.3 Å². The standard InChI is InChI=1S/C11H17N3/c1-13(2)10-5-3-4-6-11(10)14-8-7-12-9-14/h3-6,12H,7-9H2,1-2H3. The van der Waals surface area contributed by atoms with E-state index in [9.17, 15) is 0 Å². The van der Waals surface area contributed by atoms with Crippen LogP contribution in [0, 0.1) is 0 Å². The summed E-state index contributed by atoms with van der Waals surface area (Å²) in [5.41, 5.74) is 2.61. The van der Waals surface area contributed by atoms with E-state index < -0.39 is 0 Å². The largest absolute Gasteiger partial charge is 0.376 e. The molecule has 1 fully saturated rings. The van der Waals surface area contributed by atoms with Gasteiger partial charge in [0.05, 0.1) is 18.0 Å². The Morgan fingerprint density at radius 3 is 2.71 bits per heavy atom. The molecule has 1 saturated heterocycles. The maximum absolute atomic E-state index is 3.34. The Hall–Kier alpha value is -1.22. The van der Waals surface area contributed by atoms with Gasteiger partial charge in [0.2, 0.25) is 0 Å². The van der Waals surface area contributed by atoms with Gasteiger partial charge < -0.3 is 9.80 Å². The quantitative estimate of drug-likeness (QED) is 0.755. The molecule has 0 amide bonds. The molecule has 76 valence electrons. The summed E-state index contributed by atoms with van der Waals surface area (Å²) in [6, 6.07) is 8.53. The van der Waals surface area contributed by atoms with Crippen molar-refractivity contribution in [1.29, 1.82) is 0 Å². The molecule has 0 atom stereocenters. The van der Waals surface area contributed by atoms with Crippen LogP contribution in [0.2, 0.25) is 0 Å². The van der Waals surface area contributed by atoms with E-state index in [1.165, 1.54) is 11.4 Å². The minimum absolute atomic E-state index is 0.963. The molecule has 1 N–H and O–H groups in total. The molecule has 0 aromatic heterocycles. The summed E-state index contributed by atoms with van der Waals surface area (Å²) in [5.74, 6) is 0. The number of nitrogens with zero attached hydrogens (tertiary/aromatic N) is 2. The molecule has 3 heteroatoms. The monoisotopic (exact) mass is 191 g/mol. The molecule has 0 radical (unpaired) electrons. The maximum atomic E-state index is 3.34. The molecule has 1 aliphatic heterocycles.